The van der Waals surface area contributed by atoms with Gasteiger partial charge in [-0.15, -0.1) is 12.4 Å². The van der Waals surface area contributed by atoms with Crippen molar-refractivity contribution in [1.29, 1.82) is 0 Å². The van der Waals surface area contributed by atoms with Gasteiger partial charge < -0.3 is 126 Å². The molecule has 25 nitrogen and oxygen atoms in total. The summed E-state index contributed by atoms with van der Waals surface area (Å²) >= 11 is 0.00694. The van der Waals surface area contributed by atoms with Gasteiger partial charge in [-0.2, -0.15) is 0 Å². The zero-order valence-electron chi connectivity index (χ0n) is 62.8. The molecule has 21 N–H and O–H groups in total. The van der Waals surface area contributed by atoms with E-state index in [9.17, 15) is 0 Å². The molecule has 98 heavy (non-hydrogen) atoms. The van der Waals surface area contributed by atoms with Crippen molar-refractivity contribution in [1.82, 2.24) is 106 Å². The summed E-state index contributed by atoms with van der Waals surface area (Å²) in [4.78, 5) is 4.69. The Bertz CT molecular complexity index is 1880. The molecule has 1 aromatic rings. The summed E-state index contributed by atoms with van der Waals surface area (Å²) in [5, 5.41) is 68.8. The van der Waals surface area contributed by atoms with Gasteiger partial charge in [0.25, 0.3) is 0 Å². The van der Waals surface area contributed by atoms with E-state index in [1.807, 2.05) is 0 Å². The van der Waals surface area contributed by atoms with Crippen LogP contribution in [0.4, 0.5) is 0 Å². The monoisotopic (exact) mass is 1500 g/mol. The Labute approximate surface area is 617 Å². The number of nitrogens with two attached hydrogens (primary N) is 1. The number of methoxy groups -OCH3 is 4. The first-order chi connectivity index (χ1) is 47.2. The summed E-state index contributed by atoms with van der Waals surface area (Å²) in [7, 11) is 16.5. The van der Waals surface area contributed by atoms with E-state index in [-0.39, 0.29) is 49.7 Å². The van der Waals surface area contributed by atoms with Crippen LogP contribution in [0.3, 0.4) is 0 Å². The van der Waals surface area contributed by atoms with Crippen molar-refractivity contribution in [3.8, 4) is 0 Å². The van der Waals surface area contributed by atoms with Gasteiger partial charge in [-0.05, 0) is 106 Å². The first-order valence-corrected chi connectivity index (χ1v) is 40.8. The molecule has 3 saturated heterocycles. The van der Waals surface area contributed by atoms with E-state index in [1.165, 1.54) is 51.4 Å². The molecule has 2 saturated carbocycles. The summed E-state index contributed by atoms with van der Waals surface area (Å²) in [5.74, 6) is 0. The Morgan fingerprint density at radius 3 is 1.11 bits per heavy atom. The fourth-order valence-electron chi connectivity index (χ4n) is 12.9. The topological polar surface area (TPSA) is 304 Å². The number of hydrogen-bond donors (Lipinski definition) is 20. The molecule has 16 atom stereocenters. The van der Waals surface area contributed by atoms with Crippen molar-refractivity contribution in [2.75, 3.05) is 192 Å². The molecule has 5 fully saturated rings. The molecule has 7 rings (SSSR count). The fourth-order valence-corrected chi connectivity index (χ4v) is 12.9. The maximum atomic E-state index is 5.74. The molecule has 5 heterocycles. The minimum atomic E-state index is 0. The normalized spacial score (nSPS) is 32.2. The van der Waals surface area contributed by atoms with Crippen molar-refractivity contribution in [2.24, 2.45) is 5.73 Å². The van der Waals surface area contributed by atoms with Gasteiger partial charge in [0.2, 0.25) is 0 Å². The summed E-state index contributed by atoms with van der Waals surface area (Å²) in [6, 6.07) is 13.6. The van der Waals surface area contributed by atoms with Crippen molar-refractivity contribution in [3.05, 3.63) is 29.6 Å². The quantitative estimate of drug-likeness (QED) is 0.135. The Hall–Kier alpha value is -0.421. The molecular weight excluding hydrogens is 1350 g/mol. The van der Waals surface area contributed by atoms with Crippen molar-refractivity contribution < 1.29 is 32.1 Å². The van der Waals surface area contributed by atoms with E-state index < -0.39 is 0 Å². The third kappa shape index (κ3) is 47.9. The number of nitrogens with one attached hydrogen (secondary N) is 19. The van der Waals surface area contributed by atoms with Crippen LogP contribution in [0.25, 0.3) is 0 Å². The molecular formula is C69H148Cl3MnN21O4. The Morgan fingerprint density at radius 1 is 0.378 bits per heavy atom. The van der Waals surface area contributed by atoms with Gasteiger partial charge >= 0.3 is 33.3 Å². The first-order valence-electron chi connectivity index (χ1n) is 37.6. The summed E-state index contributed by atoms with van der Waals surface area (Å²) < 4.78 is 21.5. The van der Waals surface area contributed by atoms with E-state index in [4.69, 9.17) is 44.9 Å². The van der Waals surface area contributed by atoms with Gasteiger partial charge in [0.1, 0.15) is 0 Å². The second kappa shape index (κ2) is 62.7. The van der Waals surface area contributed by atoms with Crippen molar-refractivity contribution in [3.63, 3.8) is 0 Å². The second-order valence-corrected chi connectivity index (χ2v) is 30.0. The van der Waals surface area contributed by atoms with Gasteiger partial charge in [0.15, 0.2) is 0 Å². The molecule has 581 valence electrons. The number of ether oxygens (including phenoxy) is 4. The van der Waals surface area contributed by atoms with E-state index in [1.54, 1.807) is 28.4 Å². The average molecular weight is 1500 g/mol. The summed E-state index contributed by atoms with van der Waals surface area (Å²) in [6.45, 7) is 40.2. The van der Waals surface area contributed by atoms with E-state index in [2.05, 4.69) is 173 Å². The number of fused-ring (bicyclic) bond motifs is 4. The molecule has 2 unspecified atom stereocenters. The third-order valence-electron chi connectivity index (χ3n) is 18.7. The van der Waals surface area contributed by atoms with E-state index >= 15 is 0 Å². The number of rotatable bonds is 11. The van der Waals surface area contributed by atoms with Crippen LogP contribution in [0.2, 0.25) is 0 Å². The number of aromatic nitrogens is 1. The summed E-state index contributed by atoms with van der Waals surface area (Å²) in [6.07, 6.45) is 12.9. The Morgan fingerprint density at radius 2 is 0.684 bits per heavy atom. The minimum absolute atomic E-state index is 0. The number of halogens is 3. The van der Waals surface area contributed by atoms with Crippen LogP contribution >= 0.6 is 32.6 Å². The molecule has 2 aliphatic carbocycles. The van der Waals surface area contributed by atoms with Crippen LogP contribution in [0.5, 0.6) is 0 Å². The van der Waals surface area contributed by atoms with Gasteiger partial charge in [-0.25, -0.2) is 0 Å². The van der Waals surface area contributed by atoms with Gasteiger partial charge in [0.05, 0.1) is 37.8 Å². The third-order valence-corrected chi connectivity index (χ3v) is 18.7. The molecule has 29 heteroatoms. The van der Waals surface area contributed by atoms with Gasteiger partial charge in [0, 0.05) is 269 Å². The van der Waals surface area contributed by atoms with E-state index in [0.717, 1.165) is 175 Å². The van der Waals surface area contributed by atoms with E-state index in [0.29, 0.717) is 98.9 Å². The summed E-state index contributed by atoms with van der Waals surface area (Å²) in [5.41, 5.74) is 7.96. The average Bonchev–Trinajstić information content (AvgIpc) is 1.24. The van der Waals surface area contributed by atoms with Crippen LogP contribution < -0.4 is 107 Å². The number of pyridine rings is 1. The van der Waals surface area contributed by atoms with Crippen LogP contribution in [0.15, 0.2) is 18.2 Å². The molecule has 0 spiro atoms. The molecule has 0 amide bonds. The van der Waals surface area contributed by atoms with Crippen LogP contribution in [-0.2, 0) is 45.2 Å². The zero-order chi connectivity index (χ0) is 70.4. The molecule has 2 bridgehead atoms. The zero-order valence-corrected chi connectivity index (χ0v) is 66.3. The SMILES string of the molecule is COC[C@H]1CN[C@H](COC)CN[C@@H](COC)CN[C@H](COC)CNCCN1.C[C@@H]1CN[C@@H](CCCN)CN[C@@H]2CCCC[C@H]2NCCN[C@@H](C)CN1.C[C@@H]1CN[C@H](C)CN[C@@H](C)CNC2CCCCC2NCCN1.C[C@H]1CNCCNC[C@H](C)NCc2cccc(n2)CN1.Cl.[Cl][Mn][Cl]. The predicted molar refractivity (Wildman–Crippen MR) is 411 cm³/mol. The molecule has 0 aromatic carbocycles. The molecule has 1 aromatic heterocycles. The maximum absolute atomic E-state index is 5.74. The molecule has 4 aliphatic heterocycles. The van der Waals surface area contributed by atoms with Crippen LogP contribution in [0.1, 0.15) is 124 Å². The van der Waals surface area contributed by atoms with Crippen molar-refractivity contribution in [2.45, 2.75) is 222 Å². The molecule has 6 aliphatic rings. The Kier molecular flexibility index (Phi) is 60.0. The van der Waals surface area contributed by atoms with Crippen LogP contribution in [0, 0.1) is 0 Å². The first kappa shape index (κ1) is 93.7. The standard InChI is InChI=1S/C19H42N6.C18H41N5O4.C17H37N5.C15H27N5.3ClH.Mn/c1-15-12-23-16(2)13-24-17(6-5-9-20)14-25-19-8-4-3-7-18(19)22-11-10-21-15;1-24-11-15-7-19-5-6-20-16(12-25-2)8-22-18(14-27-4)10-23-17(9-21-15)13-26-3;1-13-10-20-14(2)11-21-15(3)12-22-17-7-5-4-6-16(17)19-9-8-18-13;1-12-8-16-6-7-17-9-13(2)19-11-15-5-3-4-14(20-15)10-18-12;;;;/h15-19,21-25H,3-14,20H2,1-2H3;15-23H,5-14H2,1-4H3;13-22H,4-12H2,1-3H3;3-5,12-13,16-19H,6-11H2,1-2H3;3*1H;/q;;;;;;;+2/p-2/t15-,16+,17-,18+,19+;15-,16+,17+,18-;13-,14-,15+,16?,17?;12-,13-;;;;/m0010..../s1. The molecule has 0 radical (unpaired) electrons. The van der Waals surface area contributed by atoms with Gasteiger partial charge in [-0.3, -0.25) is 4.98 Å². The predicted octanol–water partition coefficient (Wildman–Crippen LogP) is 0.605. The fraction of sp³-hybridized carbons (Fsp3) is 0.928. The van der Waals surface area contributed by atoms with Crippen LogP contribution in [-0.4, -0.2) is 294 Å². The van der Waals surface area contributed by atoms with Crippen molar-refractivity contribution >= 4 is 32.6 Å². The second-order valence-electron chi connectivity index (χ2n) is 28.0. The Balaban J connectivity index is 0.000000439. The number of hydrogen-bond acceptors (Lipinski definition) is 25. The number of nitrogens with zero attached hydrogens (tertiary/aromatic N) is 1. The van der Waals surface area contributed by atoms with Gasteiger partial charge in [-0.1, -0.05) is 31.7 Å².